The molecule has 1 amide bonds. The van der Waals surface area contributed by atoms with Crippen molar-refractivity contribution >= 4 is 27.5 Å². The molecule has 0 aliphatic carbocycles. The Bertz CT molecular complexity index is 795. The number of amides is 1. The summed E-state index contributed by atoms with van der Waals surface area (Å²) in [5.74, 6) is 0.966. The van der Waals surface area contributed by atoms with E-state index in [0.29, 0.717) is 33.0 Å². The highest BCUT2D eigenvalue weighted by Crippen LogP contribution is 2.44. The average molecular weight is 422 g/mol. The van der Waals surface area contributed by atoms with Crippen LogP contribution in [0.15, 0.2) is 34.8 Å². The number of ether oxygens (including phenoxy) is 3. The van der Waals surface area contributed by atoms with E-state index in [1.54, 1.807) is 6.07 Å². The number of anilines is 1. The minimum atomic E-state index is -0.278. The first-order valence-corrected chi connectivity index (χ1v) is 8.92. The molecule has 0 atom stereocenters. The van der Waals surface area contributed by atoms with Gasteiger partial charge in [0.1, 0.15) is 0 Å². The van der Waals surface area contributed by atoms with Gasteiger partial charge in [0.15, 0.2) is 11.5 Å². The summed E-state index contributed by atoms with van der Waals surface area (Å²) < 4.78 is 16.5. The highest BCUT2D eigenvalue weighted by atomic mass is 79.9. The van der Waals surface area contributed by atoms with Crippen molar-refractivity contribution in [1.82, 2.24) is 0 Å². The van der Waals surface area contributed by atoms with Crippen molar-refractivity contribution in [2.24, 2.45) is 0 Å². The van der Waals surface area contributed by atoms with Gasteiger partial charge in [0.05, 0.1) is 31.4 Å². The van der Waals surface area contributed by atoms with Gasteiger partial charge >= 0.3 is 0 Å². The molecule has 0 fully saturated rings. The Kier molecular flexibility index (Phi) is 6.18. The molecule has 140 valence electrons. The van der Waals surface area contributed by atoms with Gasteiger partial charge < -0.3 is 19.5 Å². The monoisotopic (exact) mass is 421 g/mol. The summed E-state index contributed by atoms with van der Waals surface area (Å²) >= 11 is 3.43. The summed E-state index contributed by atoms with van der Waals surface area (Å²) in [5, 5.41) is 2.90. The van der Waals surface area contributed by atoms with Crippen LogP contribution >= 0.6 is 15.9 Å². The van der Waals surface area contributed by atoms with E-state index in [0.717, 1.165) is 0 Å². The van der Waals surface area contributed by atoms with Gasteiger partial charge in [-0.1, -0.05) is 32.9 Å². The zero-order valence-electron chi connectivity index (χ0n) is 15.9. The van der Waals surface area contributed by atoms with E-state index in [2.05, 4.69) is 42.0 Å². The van der Waals surface area contributed by atoms with Crippen LogP contribution in [0, 0.1) is 0 Å². The van der Waals surface area contributed by atoms with Crippen molar-refractivity contribution in [3.63, 3.8) is 0 Å². The second kappa shape index (κ2) is 7.99. The molecule has 0 saturated heterocycles. The maximum Gasteiger partial charge on any atom is 0.257 e. The molecular weight excluding hydrogens is 398 g/mol. The molecule has 0 bridgehead atoms. The predicted molar refractivity (Wildman–Crippen MR) is 107 cm³/mol. The highest BCUT2D eigenvalue weighted by molar-refractivity contribution is 9.10. The van der Waals surface area contributed by atoms with Crippen molar-refractivity contribution in [2.75, 3.05) is 26.6 Å². The van der Waals surface area contributed by atoms with E-state index < -0.39 is 0 Å². The van der Waals surface area contributed by atoms with E-state index in [1.165, 1.54) is 26.9 Å². The van der Waals surface area contributed by atoms with Gasteiger partial charge in [-0.2, -0.15) is 0 Å². The number of carbonyl (C=O) groups is 1. The molecule has 2 aromatic rings. The molecule has 1 N–H and O–H groups in total. The Labute approximate surface area is 162 Å². The summed E-state index contributed by atoms with van der Waals surface area (Å²) in [6.07, 6.45) is 0. The lowest BCUT2D eigenvalue weighted by Gasteiger charge is -2.19. The largest absolute Gasteiger partial charge is 0.493 e. The van der Waals surface area contributed by atoms with E-state index in [1.807, 2.05) is 24.3 Å². The summed E-state index contributed by atoms with van der Waals surface area (Å²) in [7, 11) is 4.54. The van der Waals surface area contributed by atoms with Crippen LogP contribution in [0.3, 0.4) is 0 Å². The molecule has 2 rings (SSSR count). The normalized spacial score (nSPS) is 11.0. The average Bonchev–Trinajstić information content (AvgIpc) is 2.60. The van der Waals surface area contributed by atoms with Crippen LogP contribution in [0.2, 0.25) is 0 Å². The molecule has 0 aliphatic heterocycles. The summed E-state index contributed by atoms with van der Waals surface area (Å²) in [6.45, 7) is 6.44. The topological polar surface area (TPSA) is 56.8 Å². The Hall–Kier alpha value is -2.21. The smallest absolute Gasteiger partial charge is 0.257 e. The zero-order valence-corrected chi connectivity index (χ0v) is 17.5. The van der Waals surface area contributed by atoms with Gasteiger partial charge in [-0.3, -0.25) is 4.79 Å². The fraction of sp³-hybridized carbons (Fsp3) is 0.350. The third-order valence-electron chi connectivity index (χ3n) is 4.02. The molecular formula is C20H24BrNO4. The van der Waals surface area contributed by atoms with Crippen molar-refractivity contribution < 1.29 is 19.0 Å². The first kappa shape index (κ1) is 20.1. The number of benzene rings is 2. The van der Waals surface area contributed by atoms with Gasteiger partial charge in [0, 0.05) is 5.69 Å². The Morgan fingerprint density at radius 1 is 0.962 bits per heavy atom. The Balaban J connectivity index is 2.35. The number of methoxy groups -OCH3 is 3. The van der Waals surface area contributed by atoms with Gasteiger partial charge in [-0.25, -0.2) is 0 Å². The molecule has 0 aliphatic rings. The van der Waals surface area contributed by atoms with Crippen LogP contribution in [0.25, 0.3) is 0 Å². The summed E-state index contributed by atoms with van der Waals surface area (Å²) in [5.41, 5.74) is 2.36. The number of carbonyl (C=O) groups excluding carboxylic acids is 1. The molecule has 2 aromatic carbocycles. The lowest BCUT2D eigenvalue weighted by atomic mass is 9.87. The molecule has 5 nitrogen and oxygen atoms in total. The van der Waals surface area contributed by atoms with E-state index in [9.17, 15) is 4.79 Å². The van der Waals surface area contributed by atoms with E-state index >= 15 is 0 Å². The van der Waals surface area contributed by atoms with Crippen LogP contribution in [-0.2, 0) is 5.41 Å². The van der Waals surface area contributed by atoms with Crippen molar-refractivity contribution in [1.29, 1.82) is 0 Å². The Morgan fingerprint density at radius 2 is 1.54 bits per heavy atom. The van der Waals surface area contributed by atoms with Gasteiger partial charge in [-0.15, -0.1) is 0 Å². The lowest BCUT2D eigenvalue weighted by Crippen LogP contribution is -2.15. The van der Waals surface area contributed by atoms with Crippen LogP contribution in [0.4, 0.5) is 5.69 Å². The van der Waals surface area contributed by atoms with Crippen molar-refractivity contribution in [2.45, 2.75) is 26.2 Å². The number of halogens is 1. The summed E-state index contributed by atoms with van der Waals surface area (Å²) in [4.78, 5) is 12.8. The van der Waals surface area contributed by atoms with Crippen LogP contribution in [0.1, 0.15) is 36.7 Å². The maximum atomic E-state index is 12.8. The number of rotatable bonds is 5. The molecule has 0 radical (unpaired) electrons. The second-order valence-electron chi connectivity index (χ2n) is 6.79. The predicted octanol–water partition coefficient (Wildman–Crippen LogP) is 5.02. The quantitative estimate of drug-likeness (QED) is 0.735. The van der Waals surface area contributed by atoms with Crippen molar-refractivity contribution in [3.05, 3.63) is 45.9 Å². The zero-order chi connectivity index (χ0) is 19.5. The van der Waals surface area contributed by atoms with Crippen LogP contribution in [0.5, 0.6) is 17.2 Å². The first-order chi connectivity index (χ1) is 12.2. The second-order valence-corrected chi connectivity index (χ2v) is 7.58. The number of hydrogen-bond acceptors (Lipinski definition) is 4. The molecule has 0 heterocycles. The molecule has 0 unspecified atom stereocenters. The summed E-state index contributed by atoms with van der Waals surface area (Å²) in [6, 6.07) is 9.43. The van der Waals surface area contributed by atoms with Crippen molar-refractivity contribution in [3.8, 4) is 17.2 Å². The SMILES string of the molecule is COc1cc(C(=O)Nc2ccc(C(C)(C)C)cc2)c(Br)c(OC)c1OC. The minimum Gasteiger partial charge on any atom is -0.493 e. The fourth-order valence-electron chi connectivity index (χ4n) is 2.54. The molecule has 26 heavy (non-hydrogen) atoms. The number of nitrogens with one attached hydrogen (secondary N) is 1. The molecule has 6 heteroatoms. The molecule has 0 spiro atoms. The van der Waals surface area contributed by atoms with Gasteiger partial charge in [0.2, 0.25) is 5.75 Å². The standard InChI is InChI=1S/C20H24BrNO4/c1-20(2,3)12-7-9-13(10-8-12)22-19(23)14-11-15(24-4)17(25-5)18(26-6)16(14)21/h7-11H,1-6H3,(H,22,23). The third-order valence-corrected chi connectivity index (χ3v) is 4.81. The first-order valence-electron chi connectivity index (χ1n) is 8.13. The Morgan fingerprint density at radius 3 is 2.00 bits per heavy atom. The van der Waals surface area contributed by atoms with E-state index in [4.69, 9.17) is 14.2 Å². The lowest BCUT2D eigenvalue weighted by molar-refractivity contribution is 0.102. The van der Waals surface area contributed by atoms with Gasteiger partial charge in [0.25, 0.3) is 5.91 Å². The fourth-order valence-corrected chi connectivity index (χ4v) is 3.17. The third kappa shape index (κ3) is 4.12. The minimum absolute atomic E-state index is 0.0578. The highest BCUT2D eigenvalue weighted by Gasteiger charge is 2.23. The van der Waals surface area contributed by atoms with E-state index in [-0.39, 0.29) is 11.3 Å². The van der Waals surface area contributed by atoms with Gasteiger partial charge in [-0.05, 0) is 45.1 Å². The van der Waals surface area contributed by atoms with Crippen LogP contribution < -0.4 is 19.5 Å². The van der Waals surface area contributed by atoms with Crippen LogP contribution in [-0.4, -0.2) is 27.2 Å². The molecule has 0 aromatic heterocycles. The molecule has 0 saturated carbocycles. The maximum absolute atomic E-state index is 12.8. The number of hydrogen-bond donors (Lipinski definition) is 1.